The molecule has 0 heterocycles. The fourth-order valence-corrected chi connectivity index (χ4v) is 2.28. The maximum atomic E-state index is 12.1. The Bertz CT molecular complexity index is 400. The van der Waals surface area contributed by atoms with Gasteiger partial charge in [0.25, 0.3) is 0 Å². The lowest BCUT2D eigenvalue weighted by Crippen LogP contribution is -2.29. The number of likely N-dealkylation sites (N-methyl/N-ethyl adjacent to an activating group) is 1. The van der Waals surface area contributed by atoms with Gasteiger partial charge >= 0.3 is 0 Å². The second-order valence-corrected chi connectivity index (χ2v) is 5.70. The van der Waals surface area contributed by atoms with E-state index in [-0.39, 0.29) is 12.5 Å². The van der Waals surface area contributed by atoms with Gasteiger partial charge in [-0.2, -0.15) is 0 Å². The summed E-state index contributed by atoms with van der Waals surface area (Å²) in [6.45, 7) is 3.21. The summed E-state index contributed by atoms with van der Waals surface area (Å²) in [5.41, 5.74) is 2.44. The van der Waals surface area contributed by atoms with Gasteiger partial charge in [-0.3, -0.25) is 4.79 Å². The van der Waals surface area contributed by atoms with Crippen molar-refractivity contribution >= 4 is 5.91 Å². The molecule has 0 fully saturated rings. The van der Waals surface area contributed by atoms with E-state index in [0.29, 0.717) is 6.42 Å². The number of rotatable bonds is 10. The van der Waals surface area contributed by atoms with Crippen LogP contribution in [0.15, 0.2) is 24.3 Å². The van der Waals surface area contributed by atoms with Crippen LogP contribution in [0.2, 0.25) is 0 Å². The van der Waals surface area contributed by atoms with Crippen molar-refractivity contribution in [2.75, 3.05) is 20.2 Å². The Balaban J connectivity index is 2.35. The Morgan fingerprint density at radius 3 is 2.33 bits per heavy atom. The maximum absolute atomic E-state index is 12.1. The molecule has 1 rings (SSSR count). The van der Waals surface area contributed by atoms with Crippen molar-refractivity contribution in [1.82, 2.24) is 4.90 Å². The Kier molecular flexibility index (Phi) is 8.76. The molecule has 1 amide bonds. The van der Waals surface area contributed by atoms with Crippen LogP contribution in [0.4, 0.5) is 0 Å². The Labute approximate surface area is 129 Å². The SMILES string of the molecule is CCCCc1ccc(CC(=O)N(C)CCCCCO)cc1. The van der Waals surface area contributed by atoms with Gasteiger partial charge in [-0.05, 0) is 43.2 Å². The van der Waals surface area contributed by atoms with E-state index in [1.807, 2.05) is 7.05 Å². The van der Waals surface area contributed by atoms with Gasteiger partial charge in [-0.1, -0.05) is 37.6 Å². The third-order valence-corrected chi connectivity index (χ3v) is 3.77. The van der Waals surface area contributed by atoms with Gasteiger partial charge in [0, 0.05) is 20.2 Å². The smallest absolute Gasteiger partial charge is 0.226 e. The molecule has 0 bridgehead atoms. The van der Waals surface area contributed by atoms with Gasteiger partial charge in [0.05, 0.1) is 6.42 Å². The van der Waals surface area contributed by atoms with Crippen LogP contribution in [0.1, 0.15) is 50.2 Å². The molecule has 0 aliphatic carbocycles. The molecule has 1 aromatic carbocycles. The number of aliphatic hydroxyl groups is 1. The summed E-state index contributed by atoms with van der Waals surface area (Å²) >= 11 is 0. The van der Waals surface area contributed by atoms with Crippen molar-refractivity contribution in [2.45, 2.75) is 51.9 Å². The minimum Gasteiger partial charge on any atom is -0.396 e. The normalized spacial score (nSPS) is 10.6. The molecule has 0 aromatic heterocycles. The fourth-order valence-electron chi connectivity index (χ4n) is 2.28. The molecule has 0 aliphatic rings. The van der Waals surface area contributed by atoms with Gasteiger partial charge in [-0.15, -0.1) is 0 Å². The van der Waals surface area contributed by atoms with Crippen LogP contribution in [-0.4, -0.2) is 36.1 Å². The summed E-state index contributed by atoms with van der Waals surface area (Å²) in [5.74, 6) is 0.167. The topological polar surface area (TPSA) is 40.5 Å². The second kappa shape index (κ2) is 10.4. The number of carbonyl (C=O) groups is 1. The highest BCUT2D eigenvalue weighted by Crippen LogP contribution is 2.09. The monoisotopic (exact) mass is 291 g/mol. The van der Waals surface area contributed by atoms with Crippen LogP contribution in [0.25, 0.3) is 0 Å². The zero-order valence-corrected chi connectivity index (χ0v) is 13.5. The summed E-state index contributed by atoms with van der Waals surface area (Å²) < 4.78 is 0. The largest absolute Gasteiger partial charge is 0.396 e. The Morgan fingerprint density at radius 1 is 1.05 bits per heavy atom. The van der Waals surface area contributed by atoms with Gasteiger partial charge in [-0.25, -0.2) is 0 Å². The van der Waals surface area contributed by atoms with E-state index in [0.717, 1.165) is 37.8 Å². The van der Waals surface area contributed by atoms with E-state index < -0.39 is 0 Å². The number of hydrogen-bond donors (Lipinski definition) is 1. The average Bonchev–Trinajstić information content (AvgIpc) is 2.50. The van der Waals surface area contributed by atoms with E-state index in [1.165, 1.54) is 18.4 Å². The van der Waals surface area contributed by atoms with Crippen LogP contribution in [0.3, 0.4) is 0 Å². The van der Waals surface area contributed by atoms with Crippen LogP contribution >= 0.6 is 0 Å². The fraction of sp³-hybridized carbons (Fsp3) is 0.611. The first-order valence-corrected chi connectivity index (χ1v) is 8.10. The minimum absolute atomic E-state index is 0.167. The van der Waals surface area contributed by atoms with Gasteiger partial charge in [0.1, 0.15) is 0 Å². The Morgan fingerprint density at radius 2 is 1.71 bits per heavy atom. The molecular weight excluding hydrogens is 262 g/mol. The predicted molar refractivity (Wildman–Crippen MR) is 87.3 cm³/mol. The summed E-state index contributed by atoms with van der Waals surface area (Å²) in [4.78, 5) is 13.9. The van der Waals surface area contributed by atoms with Crippen molar-refractivity contribution in [3.63, 3.8) is 0 Å². The Hall–Kier alpha value is -1.35. The van der Waals surface area contributed by atoms with E-state index in [9.17, 15) is 4.79 Å². The minimum atomic E-state index is 0.167. The molecule has 0 unspecified atom stereocenters. The van der Waals surface area contributed by atoms with Crippen LogP contribution in [0, 0.1) is 0 Å². The van der Waals surface area contributed by atoms with Gasteiger partial charge < -0.3 is 10.0 Å². The van der Waals surface area contributed by atoms with E-state index in [1.54, 1.807) is 4.90 Å². The van der Waals surface area contributed by atoms with Gasteiger partial charge in [0.2, 0.25) is 5.91 Å². The number of benzene rings is 1. The number of amides is 1. The number of aryl methyl sites for hydroxylation is 1. The molecule has 0 saturated carbocycles. The van der Waals surface area contributed by atoms with Crippen molar-refractivity contribution < 1.29 is 9.90 Å². The third-order valence-electron chi connectivity index (χ3n) is 3.77. The highest BCUT2D eigenvalue weighted by Gasteiger charge is 2.09. The van der Waals surface area contributed by atoms with E-state index >= 15 is 0 Å². The summed E-state index contributed by atoms with van der Waals surface area (Å²) in [7, 11) is 1.86. The standard InChI is InChI=1S/C18H29NO2/c1-3-4-8-16-9-11-17(12-10-16)15-18(21)19(2)13-6-5-7-14-20/h9-12,20H,3-8,13-15H2,1-2H3. The molecule has 1 aromatic rings. The first-order chi connectivity index (χ1) is 10.2. The lowest BCUT2D eigenvalue weighted by molar-refractivity contribution is -0.129. The molecule has 3 nitrogen and oxygen atoms in total. The summed E-state index contributed by atoms with van der Waals surface area (Å²) in [6, 6.07) is 8.42. The molecule has 118 valence electrons. The molecule has 0 saturated heterocycles. The van der Waals surface area contributed by atoms with Crippen LogP contribution < -0.4 is 0 Å². The first-order valence-electron chi connectivity index (χ1n) is 8.10. The number of nitrogens with zero attached hydrogens (tertiary/aromatic N) is 1. The summed E-state index contributed by atoms with van der Waals surface area (Å²) in [5, 5.41) is 8.73. The van der Waals surface area contributed by atoms with Crippen LogP contribution in [-0.2, 0) is 17.6 Å². The van der Waals surface area contributed by atoms with Crippen molar-refractivity contribution in [3.05, 3.63) is 35.4 Å². The molecule has 3 heteroatoms. The summed E-state index contributed by atoms with van der Waals surface area (Å²) in [6.07, 6.45) is 6.77. The quantitative estimate of drug-likeness (QED) is 0.673. The number of hydrogen-bond acceptors (Lipinski definition) is 2. The number of unbranched alkanes of at least 4 members (excludes halogenated alkanes) is 3. The van der Waals surface area contributed by atoms with E-state index in [2.05, 4.69) is 31.2 Å². The third kappa shape index (κ3) is 7.28. The molecule has 1 N–H and O–H groups in total. The molecule has 21 heavy (non-hydrogen) atoms. The number of carbonyl (C=O) groups excluding carboxylic acids is 1. The molecule has 0 radical (unpaired) electrons. The first kappa shape index (κ1) is 17.7. The number of aliphatic hydroxyl groups excluding tert-OH is 1. The second-order valence-electron chi connectivity index (χ2n) is 5.70. The molecule has 0 aliphatic heterocycles. The highest BCUT2D eigenvalue weighted by molar-refractivity contribution is 5.78. The maximum Gasteiger partial charge on any atom is 0.226 e. The zero-order valence-electron chi connectivity index (χ0n) is 13.5. The zero-order chi connectivity index (χ0) is 15.5. The lowest BCUT2D eigenvalue weighted by atomic mass is 10.0. The van der Waals surface area contributed by atoms with Gasteiger partial charge in [0.15, 0.2) is 0 Å². The highest BCUT2D eigenvalue weighted by atomic mass is 16.2. The van der Waals surface area contributed by atoms with Crippen molar-refractivity contribution in [2.24, 2.45) is 0 Å². The van der Waals surface area contributed by atoms with Crippen molar-refractivity contribution in [1.29, 1.82) is 0 Å². The van der Waals surface area contributed by atoms with Crippen molar-refractivity contribution in [3.8, 4) is 0 Å². The molecule has 0 atom stereocenters. The molecule has 0 spiro atoms. The average molecular weight is 291 g/mol. The lowest BCUT2D eigenvalue weighted by Gasteiger charge is -2.17. The van der Waals surface area contributed by atoms with E-state index in [4.69, 9.17) is 5.11 Å². The molecular formula is C18H29NO2. The van der Waals surface area contributed by atoms with Crippen LogP contribution in [0.5, 0.6) is 0 Å². The predicted octanol–water partition coefficient (Wildman–Crippen LogP) is 3.19.